The Morgan fingerprint density at radius 3 is 2.75 bits per heavy atom. The van der Waals surface area contributed by atoms with E-state index in [-0.39, 0.29) is 0 Å². The first-order chi connectivity index (χ1) is 7.65. The molecule has 0 amide bonds. The molecule has 2 N–H and O–H groups in total. The third-order valence-corrected chi connectivity index (χ3v) is 2.89. The van der Waals surface area contributed by atoms with E-state index in [0.717, 1.165) is 16.3 Å². The molecule has 82 valence electrons. The molecule has 5 heteroatoms. The van der Waals surface area contributed by atoms with E-state index in [2.05, 4.69) is 15.0 Å². The zero-order valence-electron chi connectivity index (χ0n) is 9.14. The number of nitrogens with two attached hydrogens (primary N) is 1. The topological polar surface area (TPSA) is 64.7 Å². The SMILES string of the molecule is Cc1cnc(Sc2nccc(C)n2)c(N)c1. The van der Waals surface area contributed by atoms with Crippen molar-refractivity contribution in [3.8, 4) is 0 Å². The Labute approximate surface area is 98.3 Å². The van der Waals surface area contributed by atoms with Gasteiger partial charge < -0.3 is 5.73 Å². The maximum Gasteiger partial charge on any atom is 0.194 e. The molecule has 0 radical (unpaired) electrons. The maximum absolute atomic E-state index is 5.87. The van der Waals surface area contributed by atoms with E-state index in [1.54, 1.807) is 12.4 Å². The molecule has 0 bridgehead atoms. The van der Waals surface area contributed by atoms with E-state index in [4.69, 9.17) is 5.73 Å². The van der Waals surface area contributed by atoms with Crippen molar-refractivity contribution < 1.29 is 0 Å². The van der Waals surface area contributed by atoms with Gasteiger partial charge in [0, 0.05) is 18.1 Å². The standard InChI is InChI=1S/C11H12N4S/c1-7-5-9(12)10(14-6-7)16-11-13-4-3-8(2)15-11/h3-6H,12H2,1-2H3. The van der Waals surface area contributed by atoms with Crippen molar-refractivity contribution >= 4 is 17.4 Å². The molecule has 2 rings (SSSR count). The number of rotatable bonds is 2. The number of nitrogens with zero attached hydrogens (tertiary/aromatic N) is 3. The molecular formula is C11H12N4S. The number of pyridine rings is 1. The fraction of sp³-hybridized carbons (Fsp3) is 0.182. The highest BCUT2D eigenvalue weighted by molar-refractivity contribution is 7.99. The van der Waals surface area contributed by atoms with Gasteiger partial charge in [-0.2, -0.15) is 0 Å². The van der Waals surface area contributed by atoms with Gasteiger partial charge in [-0.25, -0.2) is 15.0 Å². The number of hydrogen-bond donors (Lipinski definition) is 1. The van der Waals surface area contributed by atoms with Crippen molar-refractivity contribution in [2.75, 3.05) is 5.73 Å². The summed E-state index contributed by atoms with van der Waals surface area (Å²) >= 11 is 1.38. The molecule has 0 unspecified atom stereocenters. The van der Waals surface area contributed by atoms with Gasteiger partial charge in [0.25, 0.3) is 0 Å². The van der Waals surface area contributed by atoms with Crippen LogP contribution >= 0.6 is 11.8 Å². The van der Waals surface area contributed by atoms with Crippen LogP contribution in [0.15, 0.2) is 34.7 Å². The van der Waals surface area contributed by atoms with E-state index in [1.807, 2.05) is 26.0 Å². The molecule has 4 nitrogen and oxygen atoms in total. The summed E-state index contributed by atoms with van der Waals surface area (Å²) in [5.74, 6) is 0. The normalized spacial score (nSPS) is 10.4. The van der Waals surface area contributed by atoms with Gasteiger partial charge in [-0.1, -0.05) is 0 Å². The van der Waals surface area contributed by atoms with Crippen LogP contribution < -0.4 is 5.73 Å². The van der Waals surface area contributed by atoms with Gasteiger partial charge in [-0.05, 0) is 43.3 Å². The van der Waals surface area contributed by atoms with Crippen LogP contribution in [0, 0.1) is 13.8 Å². The third-order valence-electron chi connectivity index (χ3n) is 1.98. The van der Waals surface area contributed by atoms with Crippen molar-refractivity contribution in [1.29, 1.82) is 0 Å². The summed E-state index contributed by atoms with van der Waals surface area (Å²) < 4.78 is 0. The van der Waals surface area contributed by atoms with Crippen LogP contribution in [0.5, 0.6) is 0 Å². The summed E-state index contributed by atoms with van der Waals surface area (Å²) in [6.45, 7) is 3.89. The highest BCUT2D eigenvalue weighted by atomic mass is 32.2. The lowest BCUT2D eigenvalue weighted by molar-refractivity contribution is 0.928. The van der Waals surface area contributed by atoms with Crippen molar-refractivity contribution in [3.05, 3.63) is 35.8 Å². The number of hydrogen-bond acceptors (Lipinski definition) is 5. The minimum Gasteiger partial charge on any atom is -0.397 e. The van der Waals surface area contributed by atoms with Crippen molar-refractivity contribution in [3.63, 3.8) is 0 Å². The Morgan fingerprint density at radius 1 is 1.25 bits per heavy atom. The van der Waals surface area contributed by atoms with Crippen LogP contribution in [0.2, 0.25) is 0 Å². The van der Waals surface area contributed by atoms with Crippen LogP contribution in [0.25, 0.3) is 0 Å². The minimum absolute atomic E-state index is 0.662. The summed E-state index contributed by atoms with van der Waals surface area (Å²) in [6, 6.07) is 3.75. The molecule has 0 fully saturated rings. The van der Waals surface area contributed by atoms with Gasteiger partial charge in [-0.15, -0.1) is 0 Å². The second-order valence-corrected chi connectivity index (χ2v) is 4.45. The van der Waals surface area contributed by atoms with E-state index in [0.29, 0.717) is 10.8 Å². The fourth-order valence-corrected chi connectivity index (χ4v) is 1.98. The number of aryl methyl sites for hydroxylation is 2. The lowest BCUT2D eigenvalue weighted by Gasteiger charge is -2.04. The summed E-state index contributed by atoms with van der Waals surface area (Å²) in [4.78, 5) is 12.7. The minimum atomic E-state index is 0.662. The molecule has 2 aromatic rings. The third kappa shape index (κ3) is 2.49. The van der Waals surface area contributed by atoms with Gasteiger partial charge in [-0.3, -0.25) is 0 Å². The smallest absolute Gasteiger partial charge is 0.194 e. The van der Waals surface area contributed by atoms with Gasteiger partial charge in [0.15, 0.2) is 5.16 Å². The number of nitrogen functional groups attached to an aromatic ring is 1. The highest BCUT2D eigenvalue weighted by Crippen LogP contribution is 2.27. The first-order valence-corrected chi connectivity index (χ1v) is 5.66. The van der Waals surface area contributed by atoms with E-state index >= 15 is 0 Å². The van der Waals surface area contributed by atoms with Crippen molar-refractivity contribution in [2.45, 2.75) is 24.0 Å². The monoisotopic (exact) mass is 232 g/mol. The summed E-state index contributed by atoms with van der Waals surface area (Å²) in [6.07, 6.45) is 3.52. The number of anilines is 1. The molecule has 0 aliphatic rings. The predicted molar refractivity (Wildman–Crippen MR) is 64.3 cm³/mol. The van der Waals surface area contributed by atoms with Crippen LogP contribution in [-0.4, -0.2) is 15.0 Å². The average molecular weight is 232 g/mol. The molecule has 0 aliphatic carbocycles. The van der Waals surface area contributed by atoms with Gasteiger partial charge in [0.2, 0.25) is 0 Å². The molecule has 0 aliphatic heterocycles. The van der Waals surface area contributed by atoms with E-state index < -0.39 is 0 Å². The largest absolute Gasteiger partial charge is 0.397 e. The van der Waals surface area contributed by atoms with E-state index in [1.165, 1.54) is 11.8 Å². The molecule has 16 heavy (non-hydrogen) atoms. The molecule has 0 aromatic carbocycles. The highest BCUT2D eigenvalue weighted by Gasteiger charge is 2.05. The van der Waals surface area contributed by atoms with Crippen LogP contribution in [0.3, 0.4) is 0 Å². The van der Waals surface area contributed by atoms with E-state index in [9.17, 15) is 0 Å². The quantitative estimate of drug-likeness (QED) is 0.804. The van der Waals surface area contributed by atoms with Crippen LogP contribution in [-0.2, 0) is 0 Å². The second-order valence-electron chi connectivity index (χ2n) is 3.49. The number of aromatic nitrogens is 3. The zero-order chi connectivity index (χ0) is 11.5. The van der Waals surface area contributed by atoms with Gasteiger partial charge in [0.1, 0.15) is 5.03 Å². The lowest BCUT2D eigenvalue weighted by atomic mass is 10.3. The predicted octanol–water partition coefficient (Wildman–Crippen LogP) is 2.22. The fourth-order valence-electron chi connectivity index (χ4n) is 1.23. The summed E-state index contributed by atoms with van der Waals surface area (Å²) in [7, 11) is 0. The Kier molecular flexibility index (Phi) is 3.05. The first-order valence-electron chi connectivity index (χ1n) is 4.85. The van der Waals surface area contributed by atoms with Gasteiger partial charge in [0.05, 0.1) is 5.69 Å². The molecule has 0 atom stereocenters. The average Bonchev–Trinajstić information content (AvgIpc) is 2.22. The second kappa shape index (κ2) is 4.49. The van der Waals surface area contributed by atoms with Gasteiger partial charge >= 0.3 is 0 Å². The molecule has 0 saturated heterocycles. The van der Waals surface area contributed by atoms with Crippen molar-refractivity contribution in [1.82, 2.24) is 15.0 Å². The Morgan fingerprint density at radius 2 is 2.06 bits per heavy atom. The lowest BCUT2D eigenvalue weighted by Crippen LogP contribution is -1.95. The molecular weight excluding hydrogens is 220 g/mol. The molecule has 2 aromatic heterocycles. The Balaban J connectivity index is 2.27. The van der Waals surface area contributed by atoms with Crippen molar-refractivity contribution in [2.24, 2.45) is 0 Å². The molecule has 0 spiro atoms. The Hall–Kier alpha value is -1.62. The molecule has 0 saturated carbocycles. The summed E-state index contributed by atoms with van der Waals surface area (Å²) in [5, 5.41) is 1.42. The zero-order valence-corrected chi connectivity index (χ0v) is 9.95. The van der Waals surface area contributed by atoms with Crippen LogP contribution in [0.4, 0.5) is 5.69 Å². The maximum atomic E-state index is 5.87. The van der Waals surface area contributed by atoms with Crippen LogP contribution in [0.1, 0.15) is 11.3 Å². The molecule has 2 heterocycles. The first kappa shape index (κ1) is 10.9. The Bertz CT molecular complexity index is 513. The summed E-state index contributed by atoms with van der Waals surface area (Å²) in [5.41, 5.74) is 8.51.